The molecule has 1 aromatic carbocycles. The van der Waals surface area contributed by atoms with E-state index in [0.29, 0.717) is 11.1 Å². The van der Waals surface area contributed by atoms with Crippen LogP contribution >= 0.6 is 0 Å². The van der Waals surface area contributed by atoms with Gasteiger partial charge in [-0.2, -0.15) is 10.5 Å². The predicted molar refractivity (Wildman–Crippen MR) is 66.5 cm³/mol. The number of fused-ring (bicyclic) bond motifs is 3. The highest BCUT2D eigenvalue weighted by atomic mass is 14.7. The minimum atomic E-state index is 0.154. The van der Waals surface area contributed by atoms with Crippen molar-refractivity contribution in [3.05, 3.63) is 47.8 Å². The minimum Gasteiger partial charge on any atom is -0.256 e. The summed E-state index contributed by atoms with van der Waals surface area (Å²) >= 11 is 0. The van der Waals surface area contributed by atoms with Gasteiger partial charge in [-0.1, -0.05) is 6.07 Å². The summed E-state index contributed by atoms with van der Waals surface area (Å²) in [6.45, 7) is 0. The third kappa shape index (κ3) is 1.37. The van der Waals surface area contributed by atoms with E-state index in [1.165, 1.54) is 0 Å². The second-order valence-electron chi connectivity index (χ2n) is 3.82. The predicted octanol–water partition coefficient (Wildman–Crippen LogP) is 2.53. The van der Waals surface area contributed by atoms with Gasteiger partial charge in [-0.15, -0.1) is 0 Å². The van der Waals surface area contributed by atoms with Crippen molar-refractivity contribution in [2.75, 3.05) is 0 Å². The standard InChI is InChI=1S/C14H6N4/c15-7-10-6-9-3-4-12-11(2-1-5-17-12)14(9)18-13(10)8-16/h1-6H. The van der Waals surface area contributed by atoms with Crippen LogP contribution in [0.4, 0.5) is 0 Å². The van der Waals surface area contributed by atoms with Crippen molar-refractivity contribution in [2.24, 2.45) is 0 Å². The number of nitriles is 2. The number of aromatic nitrogens is 2. The van der Waals surface area contributed by atoms with E-state index < -0.39 is 0 Å². The molecule has 3 aromatic rings. The van der Waals surface area contributed by atoms with Gasteiger partial charge in [0.1, 0.15) is 12.1 Å². The summed E-state index contributed by atoms with van der Waals surface area (Å²) in [5.74, 6) is 0. The number of hydrogen-bond donors (Lipinski definition) is 0. The average Bonchev–Trinajstić information content (AvgIpc) is 2.45. The molecule has 0 spiro atoms. The van der Waals surface area contributed by atoms with Gasteiger partial charge in [-0.3, -0.25) is 4.98 Å². The third-order valence-corrected chi connectivity index (χ3v) is 2.79. The Morgan fingerprint density at radius 2 is 1.94 bits per heavy atom. The molecule has 0 atom stereocenters. The lowest BCUT2D eigenvalue weighted by atomic mass is 10.1. The van der Waals surface area contributed by atoms with Crippen molar-refractivity contribution in [3.8, 4) is 12.1 Å². The van der Waals surface area contributed by atoms with Crippen molar-refractivity contribution in [1.29, 1.82) is 10.5 Å². The Kier molecular flexibility index (Phi) is 2.15. The fourth-order valence-electron chi connectivity index (χ4n) is 1.96. The Balaban J connectivity index is 2.53. The van der Waals surface area contributed by atoms with Gasteiger partial charge in [0.05, 0.1) is 16.6 Å². The van der Waals surface area contributed by atoms with Crippen molar-refractivity contribution in [1.82, 2.24) is 9.97 Å². The molecule has 0 aliphatic heterocycles. The summed E-state index contributed by atoms with van der Waals surface area (Å²) in [6.07, 6.45) is 1.71. The molecule has 0 amide bonds. The van der Waals surface area contributed by atoms with Crippen molar-refractivity contribution in [3.63, 3.8) is 0 Å². The maximum Gasteiger partial charge on any atom is 0.158 e. The van der Waals surface area contributed by atoms with E-state index in [0.717, 1.165) is 16.3 Å². The van der Waals surface area contributed by atoms with Crippen LogP contribution in [0.5, 0.6) is 0 Å². The summed E-state index contributed by atoms with van der Waals surface area (Å²) in [5, 5.41) is 19.7. The van der Waals surface area contributed by atoms with Crippen molar-refractivity contribution >= 4 is 21.8 Å². The second kappa shape index (κ2) is 3.80. The largest absolute Gasteiger partial charge is 0.256 e. The lowest BCUT2D eigenvalue weighted by Crippen LogP contribution is -1.92. The average molecular weight is 230 g/mol. The highest BCUT2D eigenvalue weighted by Gasteiger charge is 2.08. The Morgan fingerprint density at radius 3 is 2.72 bits per heavy atom. The fraction of sp³-hybridized carbons (Fsp3) is 0. The van der Waals surface area contributed by atoms with E-state index in [-0.39, 0.29) is 5.69 Å². The van der Waals surface area contributed by atoms with Gasteiger partial charge < -0.3 is 0 Å². The summed E-state index contributed by atoms with van der Waals surface area (Å²) in [5.41, 5.74) is 1.98. The Hall–Kier alpha value is -2.98. The fourth-order valence-corrected chi connectivity index (χ4v) is 1.96. The molecule has 2 aromatic heterocycles. The molecular weight excluding hydrogens is 224 g/mol. The smallest absolute Gasteiger partial charge is 0.158 e. The second-order valence-corrected chi connectivity index (χ2v) is 3.82. The Labute approximate surface area is 103 Å². The first-order valence-electron chi connectivity index (χ1n) is 5.32. The van der Waals surface area contributed by atoms with Crippen molar-refractivity contribution in [2.45, 2.75) is 0 Å². The van der Waals surface area contributed by atoms with Crippen LogP contribution in [0.2, 0.25) is 0 Å². The van der Waals surface area contributed by atoms with E-state index >= 15 is 0 Å². The lowest BCUT2D eigenvalue weighted by molar-refractivity contribution is 1.30. The lowest BCUT2D eigenvalue weighted by Gasteiger charge is -2.03. The Bertz CT molecular complexity index is 853. The summed E-state index contributed by atoms with van der Waals surface area (Å²) in [7, 11) is 0. The first kappa shape index (κ1) is 10.2. The molecule has 0 saturated heterocycles. The van der Waals surface area contributed by atoms with E-state index in [4.69, 9.17) is 10.5 Å². The molecule has 0 radical (unpaired) electrons. The molecule has 2 heterocycles. The molecule has 82 valence electrons. The van der Waals surface area contributed by atoms with Crippen LogP contribution in [0.25, 0.3) is 21.8 Å². The number of pyridine rings is 2. The van der Waals surface area contributed by atoms with E-state index in [9.17, 15) is 0 Å². The van der Waals surface area contributed by atoms with Gasteiger partial charge in [0, 0.05) is 17.0 Å². The first-order chi connectivity index (χ1) is 8.83. The highest BCUT2D eigenvalue weighted by molar-refractivity contribution is 6.04. The van der Waals surface area contributed by atoms with E-state index in [2.05, 4.69) is 9.97 Å². The van der Waals surface area contributed by atoms with Crippen LogP contribution in [0.3, 0.4) is 0 Å². The quantitative estimate of drug-likeness (QED) is 0.556. The summed E-state index contributed by atoms with van der Waals surface area (Å²) in [6, 6.07) is 13.1. The SMILES string of the molecule is N#Cc1cc2ccc3ncccc3c2nc1C#N. The third-order valence-electron chi connectivity index (χ3n) is 2.79. The van der Waals surface area contributed by atoms with Gasteiger partial charge in [-0.25, -0.2) is 4.98 Å². The van der Waals surface area contributed by atoms with Gasteiger partial charge in [-0.05, 0) is 24.3 Å². The topological polar surface area (TPSA) is 73.4 Å². The van der Waals surface area contributed by atoms with Gasteiger partial charge >= 0.3 is 0 Å². The summed E-state index contributed by atoms with van der Waals surface area (Å²) in [4.78, 5) is 8.51. The minimum absolute atomic E-state index is 0.154. The zero-order valence-electron chi connectivity index (χ0n) is 9.25. The van der Waals surface area contributed by atoms with Crippen LogP contribution in [0, 0.1) is 22.7 Å². The number of hydrogen-bond acceptors (Lipinski definition) is 4. The van der Waals surface area contributed by atoms with Crippen LogP contribution in [-0.2, 0) is 0 Å². The van der Waals surface area contributed by atoms with Gasteiger partial charge in [0.15, 0.2) is 5.69 Å². The number of nitrogens with zero attached hydrogens (tertiary/aromatic N) is 4. The molecule has 4 heteroatoms. The normalized spacial score (nSPS) is 10.1. The van der Waals surface area contributed by atoms with Gasteiger partial charge in [0.25, 0.3) is 0 Å². The van der Waals surface area contributed by atoms with E-state index in [1.54, 1.807) is 12.3 Å². The molecular formula is C14H6N4. The molecule has 3 rings (SSSR count). The Morgan fingerprint density at radius 1 is 1.06 bits per heavy atom. The number of benzene rings is 1. The zero-order valence-corrected chi connectivity index (χ0v) is 9.25. The molecule has 4 nitrogen and oxygen atoms in total. The molecule has 0 saturated carbocycles. The van der Waals surface area contributed by atoms with Crippen LogP contribution < -0.4 is 0 Å². The molecule has 0 aliphatic rings. The maximum atomic E-state index is 9.00. The molecule has 18 heavy (non-hydrogen) atoms. The zero-order chi connectivity index (χ0) is 12.5. The highest BCUT2D eigenvalue weighted by Crippen LogP contribution is 2.23. The van der Waals surface area contributed by atoms with Crippen LogP contribution in [0.1, 0.15) is 11.3 Å². The first-order valence-corrected chi connectivity index (χ1v) is 5.32. The van der Waals surface area contributed by atoms with Gasteiger partial charge in [0.2, 0.25) is 0 Å². The van der Waals surface area contributed by atoms with E-state index in [1.807, 2.05) is 36.4 Å². The van der Waals surface area contributed by atoms with Crippen LogP contribution in [0.15, 0.2) is 36.5 Å². The molecule has 0 fully saturated rings. The molecule has 0 N–H and O–H groups in total. The van der Waals surface area contributed by atoms with Crippen molar-refractivity contribution < 1.29 is 0 Å². The molecule has 0 bridgehead atoms. The molecule has 0 aliphatic carbocycles. The monoisotopic (exact) mass is 230 g/mol. The maximum absolute atomic E-state index is 9.00. The number of rotatable bonds is 0. The van der Waals surface area contributed by atoms with Crippen LogP contribution in [-0.4, -0.2) is 9.97 Å². The molecule has 0 unspecified atom stereocenters. The summed E-state index contributed by atoms with van der Waals surface area (Å²) < 4.78 is 0.